The number of anilines is 2. The maximum atomic E-state index is 12.8. The number of aromatic nitrogens is 2. The summed E-state index contributed by atoms with van der Waals surface area (Å²) in [4.78, 5) is 4.38. The fourth-order valence-electron chi connectivity index (χ4n) is 3.28. The first-order valence-corrected chi connectivity index (χ1v) is 8.75. The third kappa shape index (κ3) is 3.95. The van der Waals surface area contributed by atoms with Crippen LogP contribution in [0.4, 0.5) is 24.5 Å². The zero-order valence-corrected chi connectivity index (χ0v) is 15.1. The molecule has 1 aliphatic heterocycles. The highest BCUT2D eigenvalue weighted by Gasteiger charge is 2.31. The van der Waals surface area contributed by atoms with Crippen molar-refractivity contribution >= 4 is 11.4 Å². The maximum Gasteiger partial charge on any atom is 0.416 e. The minimum absolute atomic E-state index is 0.174. The highest BCUT2D eigenvalue weighted by atomic mass is 19.4. The van der Waals surface area contributed by atoms with Crippen LogP contribution in [0.5, 0.6) is 0 Å². The molecule has 0 amide bonds. The second kappa shape index (κ2) is 7.19. The van der Waals surface area contributed by atoms with Crippen molar-refractivity contribution in [3.05, 3.63) is 41.2 Å². The number of piperazine rings is 1. The first kappa shape index (κ1) is 18.6. The van der Waals surface area contributed by atoms with E-state index in [2.05, 4.69) is 23.1 Å². The van der Waals surface area contributed by atoms with Crippen LogP contribution in [-0.4, -0.2) is 40.9 Å². The number of halogens is 3. The van der Waals surface area contributed by atoms with Crippen molar-refractivity contribution in [2.45, 2.75) is 33.1 Å². The Labute approximate surface area is 151 Å². The van der Waals surface area contributed by atoms with Gasteiger partial charge in [0.25, 0.3) is 0 Å². The number of nitrogen functional groups attached to an aromatic ring is 1. The first-order chi connectivity index (χ1) is 12.3. The van der Waals surface area contributed by atoms with E-state index in [1.54, 1.807) is 0 Å². The third-order valence-electron chi connectivity index (χ3n) is 4.83. The Morgan fingerprint density at radius 2 is 1.85 bits per heavy atom. The summed E-state index contributed by atoms with van der Waals surface area (Å²) in [5.74, 6) is 0. The van der Waals surface area contributed by atoms with Crippen molar-refractivity contribution in [2.24, 2.45) is 0 Å². The van der Waals surface area contributed by atoms with Crippen LogP contribution >= 0.6 is 0 Å². The summed E-state index contributed by atoms with van der Waals surface area (Å²) in [6.45, 7) is 8.88. The standard InChI is InChI=1S/C18H24F3N5/c1-3-26-12-14(13(2)23-26)11-24-6-8-25(9-7-24)17-5-4-15(10-16(17)22)18(19,20)21/h4-5,10,12H,3,6-9,11,22H2,1-2H3. The Hall–Kier alpha value is -2.22. The Balaban J connectivity index is 1.62. The predicted octanol–water partition coefficient (Wildman–Crippen LogP) is 3.13. The summed E-state index contributed by atoms with van der Waals surface area (Å²) in [5, 5.41) is 4.47. The summed E-state index contributed by atoms with van der Waals surface area (Å²) in [6, 6.07) is 3.59. The molecule has 0 unspecified atom stereocenters. The lowest BCUT2D eigenvalue weighted by Crippen LogP contribution is -2.46. The average molecular weight is 367 g/mol. The SMILES string of the molecule is CCn1cc(CN2CCN(c3ccc(C(F)(F)F)cc3N)CC2)c(C)n1. The van der Waals surface area contributed by atoms with Crippen molar-refractivity contribution in [1.29, 1.82) is 0 Å². The van der Waals surface area contributed by atoms with Gasteiger partial charge in [0, 0.05) is 51.0 Å². The lowest BCUT2D eigenvalue weighted by molar-refractivity contribution is -0.137. The summed E-state index contributed by atoms with van der Waals surface area (Å²) < 4.78 is 40.3. The Bertz CT molecular complexity index is 761. The molecule has 0 aliphatic carbocycles. The van der Waals surface area contributed by atoms with E-state index >= 15 is 0 Å². The van der Waals surface area contributed by atoms with Crippen LogP contribution in [0.15, 0.2) is 24.4 Å². The van der Waals surface area contributed by atoms with E-state index in [0.717, 1.165) is 57.1 Å². The minimum atomic E-state index is -4.37. The maximum absolute atomic E-state index is 12.8. The van der Waals surface area contributed by atoms with E-state index in [1.165, 1.54) is 11.6 Å². The summed E-state index contributed by atoms with van der Waals surface area (Å²) in [5.41, 5.74) is 8.28. The van der Waals surface area contributed by atoms with E-state index in [1.807, 2.05) is 16.5 Å². The molecule has 1 aromatic carbocycles. The number of rotatable bonds is 4. The van der Waals surface area contributed by atoms with E-state index < -0.39 is 11.7 Å². The van der Waals surface area contributed by atoms with Crippen molar-refractivity contribution in [1.82, 2.24) is 14.7 Å². The fourth-order valence-corrected chi connectivity index (χ4v) is 3.28. The van der Waals surface area contributed by atoms with Crippen LogP contribution in [0.1, 0.15) is 23.7 Å². The van der Waals surface area contributed by atoms with Crippen LogP contribution in [0.2, 0.25) is 0 Å². The van der Waals surface area contributed by atoms with Gasteiger partial charge < -0.3 is 10.6 Å². The molecule has 0 saturated carbocycles. The van der Waals surface area contributed by atoms with Crippen LogP contribution < -0.4 is 10.6 Å². The van der Waals surface area contributed by atoms with E-state index in [-0.39, 0.29) is 5.69 Å². The zero-order chi connectivity index (χ0) is 18.9. The summed E-state index contributed by atoms with van der Waals surface area (Å²) in [7, 11) is 0. The first-order valence-electron chi connectivity index (χ1n) is 8.75. The van der Waals surface area contributed by atoms with Gasteiger partial charge in [0.05, 0.1) is 22.6 Å². The quantitative estimate of drug-likeness (QED) is 0.844. The molecule has 2 N–H and O–H groups in total. The monoisotopic (exact) mass is 367 g/mol. The van der Waals surface area contributed by atoms with Gasteiger partial charge >= 0.3 is 6.18 Å². The number of benzene rings is 1. The molecule has 0 atom stereocenters. The fraction of sp³-hybridized carbons (Fsp3) is 0.500. The highest BCUT2D eigenvalue weighted by molar-refractivity contribution is 5.69. The molecule has 0 radical (unpaired) electrons. The number of alkyl halides is 3. The van der Waals surface area contributed by atoms with E-state index in [0.29, 0.717) is 5.69 Å². The van der Waals surface area contributed by atoms with Gasteiger partial charge in [-0.05, 0) is 32.0 Å². The van der Waals surface area contributed by atoms with Crippen LogP contribution in [-0.2, 0) is 19.3 Å². The molecule has 1 saturated heterocycles. The van der Waals surface area contributed by atoms with Crippen LogP contribution in [0.25, 0.3) is 0 Å². The van der Waals surface area contributed by atoms with E-state index in [4.69, 9.17) is 5.73 Å². The van der Waals surface area contributed by atoms with Gasteiger partial charge in [0.1, 0.15) is 0 Å². The summed E-state index contributed by atoms with van der Waals surface area (Å²) in [6.07, 6.45) is -2.29. The molecule has 0 spiro atoms. The second-order valence-electron chi connectivity index (χ2n) is 6.63. The second-order valence-corrected chi connectivity index (χ2v) is 6.63. The minimum Gasteiger partial charge on any atom is -0.397 e. The van der Waals surface area contributed by atoms with E-state index in [9.17, 15) is 13.2 Å². The number of hydrogen-bond acceptors (Lipinski definition) is 4. The molecule has 142 valence electrons. The lowest BCUT2D eigenvalue weighted by atomic mass is 10.1. The van der Waals surface area contributed by atoms with Gasteiger partial charge in [-0.15, -0.1) is 0 Å². The molecule has 1 aromatic heterocycles. The number of nitrogens with two attached hydrogens (primary N) is 1. The van der Waals surface area contributed by atoms with Crippen molar-refractivity contribution in [3.8, 4) is 0 Å². The van der Waals surface area contributed by atoms with Gasteiger partial charge in [0.15, 0.2) is 0 Å². The molecular formula is C18H24F3N5. The molecule has 5 nitrogen and oxygen atoms in total. The molecule has 8 heteroatoms. The number of aryl methyl sites for hydroxylation is 2. The topological polar surface area (TPSA) is 50.3 Å². The molecular weight excluding hydrogens is 343 g/mol. The van der Waals surface area contributed by atoms with Crippen molar-refractivity contribution in [2.75, 3.05) is 36.8 Å². The van der Waals surface area contributed by atoms with Crippen LogP contribution in [0.3, 0.4) is 0 Å². The molecule has 1 aliphatic rings. The van der Waals surface area contributed by atoms with Gasteiger partial charge in [-0.25, -0.2) is 0 Å². The molecule has 2 heterocycles. The van der Waals surface area contributed by atoms with Gasteiger partial charge in [0.2, 0.25) is 0 Å². The highest BCUT2D eigenvalue weighted by Crippen LogP contribution is 2.34. The van der Waals surface area contributed by atoms with Crippen molar-refractivity contribution < 1.29 is 13.2 Å². The number of hydrogen-bond donors (Lipinski definition) is 1. The molecule has 0 bridgehead atoms. The lowest BCUT2D eigenvalue weighted by Gasteiger charge is -2.36. The van der Waals surface area contributed by atoms with Crippen molar-refractivity contribution in [3.63, 3.8) is 0 Å². The largest absolute Gasteiger partial charge is 0.416 e. The average Bonchev–Trinajstić information content (AvgIpc) is 2.95. The summed E-state index contributed by atoms with van der Waals surface area (Å²) >= 11 is 0. The Morgan fingerprint density at radius 1 is 1.15 bits per heavy atom. The van der Waals surface area contributed by atoms with Crippen LogP contribution in [0, 0.1) is 6.92 Å². The van der Waals surface area contributed by atoms with Gasteiger partial charge in [-0.2, -0.15) is 18.3 Å². The predicted molar refractivity (Wildman–Crippen MR) is 96.0 cm³/mol. The van der Waals surface area contributed by atoms with Gasteiger partial charge in [-0.3, -0.25) is 9.58 Å². The Morgan fingerprint density at radius 3 is 2.38 bits per heavy atom. The molecule has 26 heavy (non-hydrogen) atoms. The normalized spacial score (nSPS) is 16.3. The third-order valence-corrected chi connectivity index (χ3v) is 4.83. The Kier molecular flexibility index (Phi) is 5.13. The zero-order valence-electron chi connectivity index (χ0n) is 15.1. The smallest absolute Gasteiger partial charge is 0.397 e. The molecule has 3 rings (SSSR count). The number of nitrogens with zero attached hydrogens (tertiary/aromatic N) is 4. The molecule has 2 aromatic rings. The molecule has 1 fully saturated rings. The van der Waals surface area contributed by atoms with Gasteiger partial charge in [-0.1, -0.05) is 0 Å².